The van der Waals surface area contributed by atoms with Crippen molar-refractivity contribution in [1.82, 2.24) is 0 Å². The Morgan fingerprint density at radius 2 is 2.15 bits per heavy atom. The normalized spacial score (nSPS) is 11.5. The molecule has 0 saturated heterocycles. The smallest absolute Gasteiger partial charge is 1.00 e. The molecule has 0 radical (unpaired) electrons. The van der Waals surface area contributed by atoms with Gasteiger partial charge in [-0.1, -0.05) is 6.07 Å². The largest absolute Gasteiger partial charge is 1.00 e. The number of carbonyl (C=O) groups is 1. The van der Waals surface area contributed by atoms with E-state index in [-0.39, 0.29) is 30.7 Å². The van der Waals surface area contributed by atoms with Gasteiger partial charge in [-0.3, -0.25) is 9.00 Å². The summed E-state index contributed by atoms with van der Waals surface area (Å²) in [6.07, 6.45) is 0. The van der Waals surface area contributed by atoms with Gasteiger partial charge in [0.15, 0.2) is 0 Å². The molecule has 1 aromatic carbocycles. The summed E-state index contributed by atoms with van der Waals surface area (Å²) in [5.74, 6) is -0.637. The minimum absolute atomic E-state index is 0. The number of benzene rings is 1. The van der Waals surface area contributed by atoms with Gasteiger partial charge in [-0.2, -0.15) is 0 Å². The molecule has 0 aliphatic rings. The third kappa shape index (κ3) is 3.33. The number of rotatable bonds is 2. The van der Waals surface area contributed by atoms with Crippen molar-refractivity contribution in [2.24, 2.45) is 5.73 Å². The van der Waals surface area contributed by atoms with Crippen LogP contribution in [0.4, 0.5) is 0 Å². The number of amides is 1. The summed E-state index contributed by atoms with van der Waals surface area (Å²) in [6.45, 7) is 0. The Balaban J connectivity index is 0. The van der Waals surface area contributed by atoms with E-state index < -0.39 is 17.0 Å². The summed E-state index contributed by atoms with van der Waals surface area (Å²) >= 11 is -2.31. The van der Waals surface area contributed by atoms with Crippen LogP contribution in [0.3, 0.4) is 0 Å². The molecule has 1 rings (SSSR count). The first-order valence-electron chi connectivity index (χ1n) is 3.10. The van der Waals surface area contributed by atoms with Gasteiger partial charge in [-0.25, -0.2) is 0 Å². The Hall–Kier alpha value is -0.603. The maximum atomic E-state index is 10.6. The predicted molar refractivity (Wildman–Crippen MR) is 43.3 cm³/mol. The average Bonchev–Trinajstić information content (AvgIpc) is 2.04. The molecule has 0 fully saturated rings. The molecule has 0 spiro atoms. The number of hydrogen-bond acceptors (Lipinski definition) is 3. The van der Waals surface area contributed by atoms with E-state index in [4.69, 9.17) is 5.73 Å². The quantitative estimate of drug-likeness (QED) is 0.404. The van der Waals surface area contributed by atoms with Crippen molar-refractivity contribution in [2.75, 3.05) is 0 Å². The van der Waals surface area contributed by atoms with Crippen LogP contribution in [0.5, 0.6) is 0 Å². The van der Waals surface area contributed by atoms with E-state index in [0.717, 1.165) is 0 Å². The molecule has 0 bridgehead atoms. The Morgan fingerprint density at radius 1 is 1.54 bits per heavy atom. The van der Waals surface area contributed by atoms with Crippen LogP contribution in [0.1, 0.15) is 11.8 Å². The first-order valence-corrected chi connectivity index (χ1v) is 4.18. The predicted octanol–water partition coefficient (Wildman–Crippen LogP) is -2.86. The Kier molecular flexibility index (Phi) is 4.96. The molecule has 13 heavy (non-hydrogen) atoms. The molecule has 1 atom stereocenters. The summed E-state index contributed by atoms with van der Waals surface area (Å²) in [4.78, 5) is 10.7. The van der Waals surface area contributed by atoms with Gasteiger partial charge in [0.25, 0.3) is 0 Å². The van der Waals surface area contributed by atoms with Crippen LogP contribution >= 0.6 is 0 Å². The maximum Gasteiger partial charge on any atom is 1.00 e. The van der Waals surface area contributed by atoms with Crippen LogP contribution in [-0.2, 0) is 11.1 Å². The zero-order chi connectivity index (χ0) is 9.14. The van der Waals surface area contributed by atoms with Gasteiger partial charge in [0.2, 0.25) is 5.91 Å². The van der Waals surface area contributed by atoms with Crippen LogP contribution in [0.15, 0.2) is 29.2 Å². The van der Waals surface area contributed by atoms with Gasteiger partial charge >= 0.3 is 18.9 Å². The SMILES string of the molecule is NC(=O)c1cccc(S(=O)[O-])c1.[H-].[Li+]. The second-order valence-corrected chi connectivity index (χ2v) is 3.07. The molecule has 0 aliphatic heterocycles. The molecule has 1 aromatic rings. The molecule has 0 aromatic heterocycles. The van der Waals surface area contributed by atoms with Gasteiger partial charge in [0, 0.05) is 10.5 Å². The van der Waals surface area contributed by atoms with Crippen LogP contribution in [-0.4, -0.2) is 14.7 Å². The van der Waals surface area contributed by atoms with E-state index in [0.29, 0.717) is 0 Å². The molecule has 66 valence electrons. The zero-order valence-corrected chi connectivity index (χ0v) is 7.84. The molecule has 0 aliphatic carbocycles. The van der Waals surface area contributed by atoms with Crippen LogP contribution in [0.25, 0.3) is 0 Å². The van der Waals surface area contributed by atoms with E-state index in [1.54, 1.807) is 0 Å². The monoisotopic (exact) mass is 192 g/mol. The molecule has 4 nitrogen and oxygen atoms in total. The second-order valence-electron chi connectivity index (χ2n) is 2.13. The fourth-order valence-corrected chi connectivity index (χ4v) is 1.17. The number of carbonyl (C=O) groups excluding carboxylic acids is 1. The van der Waals surface area contributed by atoms with Gasteiger partial charge in [0.1, 0.15) is 0 Å². The van der Waals surface area contributed by atoms with Gasteiger partial charge in [0.05, 0.1) is 0 Å². The molecule has 2 N–H and O–H groups in total. The van der Waals surface area contributed by atoms with Crippen molar-refractivity contribution < 1.29 is 33.8 Å². The van der Waals surface area contributed by atoms with E-state index in [2.05, 4.69) is 0 Å². The summed E-state index contributed by atoms with van der Waals surface area (Å²) in [6, 6.07) is 5.53. The number of nitrogens with two attached hydrogens (primary N) is 1. The van der Waals surface area contributed by atoms with Crippen molar-refractivity contribution in [3.63, 3.8) is 0 Å². The van der Waals surface area contributed by atoms with Gasteiger partial charge in [-0.05, 0) is 29.3 Å². The summed E-state index contributed by atoms with van der Waals surface area (Å²) < 4.78 is 20.8. The molecule has 0 saturated carbocycles. The van der Waals surface area contributed by atoms with Gasteiger partial charge in [-0.15, -0.1) is 0 Å². The fourth-order valence-electron chi connectivity index (χ4n) is 0.753. The standard InChI is InChI=1S/C7H7NO3S.Li.H/c8-7(9)5-2-1-3-6(4-5)12(10)11;;/h1-4H,(H2,8,9)(H,10,11);;/q;+1;-1/p-1. The van der Waals surface area contributed by atoms with Crippen molar-refractivity contribution in [3.05, 3.63) is 29.8 Å². The minimum atomic E-state index is -2.31. The van der Waals surface area contributed by atoms with E-state index >= 15 is 0 Å². The number of hydrogen-bond donors (Lipinski definition) is 1. The van der Waals surface area contributed by atoms with E-state index in [1.807, 2.05) is 0 Å². The zero-order valence-electron chi connectivity index (χ0n) is 8.02. The molecule has 6 heteroatoms. The molecule has 1 unspecified atom stereocenters. The molecular weight excluding hydrogens is 185 g/mol. The van der Waals surface area contributed by atoms with Crippen molar-refractivity contribution in [3.8, 4) is 0 Å². The summed E-state index contributed by atoms with van der Waals surface area (Å²) in [5.41, 5.74) is 5.13. The Morgan fingerprint density at radius 3 is 2.62 bits per heavy atom. The van der Waals surface area contributed by atoms with Gasteiger partial charge < -0.3 is 11.7 Å². The summed E-state index contributed by atoms with van der Waals surface area (Å²) in [7, 11) is 0. The second kappa shape index (κ2) is 5.20. The van der Waals surface area contributed by atoms with Crippen LogP contribution in [0, 0.1) is 0 Å². The molecular formula is C7H7LiNO3S-. The fraction of sp³-hybridized carbons (Fsp3) is 0. The molecule has 1 amide bonds. The third-order valence-electron chi connectivity index (χ3n) is 1.31. The topological polar surface area (TPSA) is 83.2 Å². The average molecular weight is 192 g/mol. The first kappa shape index (κ1) is 12.4. The molecule has 0 heterocycles. The third-order valence-corrected chi connectivity index (χ3v) is 1.95. The van der Waals surface area contributed by atoms with E-state index in [1.165, 1.54) is 24.3 Å². The Labute approximate surface area is 91.5 Å². The first-order chi connectivity index (χ1) is 5.61. The number of primary amides is 1. The van der Waals surface area contributed by atoms with Crippen molar-refractivity contribution in [2.45, 2.75) is 4.90 Å². The van der Waals surface area contributed by atoms with Crippen LogP contribution in [0.2, 0.25) is 0 Å². The Bertz CT molecular complexity index is 318. The van der Waals surface area contributed by atoms with E-state index in [9.17, 15) is 13.6 Å². The summed E-state index contributed by atoms with van der Waals surface area (Å²) in [5, 5.41) is 0. The van der Waals surface area contributed by atoms with Crippen molar-refractivity contribution >= 4 is 17.0 Å². The van der Waals surface area contributed by atoms with Crippen molar-refractivity contribution in [1.29, 1.82) is 0 Å². The van der Waals surface area contributed by atoms with Crippen LogP contribution < -0.4 is 24.6 Å². The minimum Gasteiger partial charge on any atom is -1.00 e. The maximum absolute atomic E-state index is 10.6.